The molecule has 0 unspecified atom stereocenters. The molecule has 0 bridgehead atoms. The molecule has 0 aliphatic carbocycles. The van der Waals surface area contributed by atoms with Gasteiger partial charge >= 0.3 is 0 Å². The molecule has 0 spiro atoms. The van der Waals surface area contributed by atoms with Crippen molar-refractivity contribution in [2.24, 2.45) is 0 Å². The van der Waals surface area contributed by atoms with Crippen molar-refractivity contribution in [1.82, 2.24) is 0 Å². The van der Waals surface area contributed by atoms with Crippen molar-refractivity contribution in [2.75, 3.05) is 4.90 Å². The van der Waals surface area contributed by atoms with Crippen LogP contribution in [0.1, 0.15) is 0 Å². The van der Waals surface area contributed by atoms with Crippen LogP contribution in [0, 0.1) is 0 Å². The van der Waals surface area contributed by atoms with Crippen molar-refractivity contribution >= 4 is 80.9 Å². The van der Waals surface area contributed by atoms with Crippen LogP contribution in [0.15, 0.2) is 237 Å². The predicted octanol–water partition coefficient (Wildman–Crippen LogP) is 17.7. The van der Waals surface area contributed by atoms with Gasteiger partial charge in [0, 0.05) is 37.2 Å². The van der Waals surface area contributed by atoms with Gasteiger partial charge in [-0.1, -0.05) is 188 Å². The minimum absolute atomic E-state index is 1.09. The maximum Gasteiger partial charge on any atom is 0.0468 e. The highest BCUT2D eigenvalue weighted by molar-refractivity contribution is 7.26. The van der Waals surface area contributed by atoms with Gasteiger partial charge in [-0.25, -0.2) is 0 Å². The van der Waals surface area contributed by atoms with Gasteiger partial charge in [0.25, 0.3) is 0 Å². The lowest BCUT2D eigenvalue weighted by Gasteiger charge is -2.27. The summed E-state index contributed by atoms with van der Waals surface area (Å²) in [6.07, 6.45) is 0. The molecule has 0 saturated heterocycles. The van der Waals surface area contributed by atoms with Crippen molar-refractivity contribution in [3.8, 4) is 44.5 Å². The van der Waals surface area contributed by atoms with Crippen molar-refractivity contribution < 1.29 is 0 Å². The fourth-order valence-corrected chi connectivity index (χ4v) is 10.8. The molecule has 11 aromatic carbocycles. The molecular weight excluding hydrogens is 767 g/mol. The van der Waals surface area contributed by atoms with Gasteiger partial charge < -0.3 is 4.90 Å². The summed E-state index contributed by atoms with van der Waals surface area (Å²) in [5.74, 6) is 0. The summed E-state index contributed by atoms with van der Waals surface area (Å²) >= 11 is 1.88. The summed E-state index contributed by atoms with van der Waals surface area (Å²) in [7, 11) is 0. The maximum atomic E-state index is 2.43. The minimum Gasteiger partial charge on any atom is -0.310 e. The summed E-state index contributed by atoms with van der Waals surface area (Å²) in [6.45, 7) is 0. The fraction of sp³-hybridized carbons (Fsp3) is 0. The van der Waals surface area contributed by atoms with E-state index in [0.717, 1.165) is 17.1 Å². The van der Waals surface area contributed by atoms with E-state index in [-0.39, 0.29) is 0 Å². The molecular formula is C60H39NS. The first-order valence-corrected chi connectivity index (χ1v) is 22.1. The van der Waals surface area contributed by atoms with Crippen LogP contribution in [-0.2, 0) is 0 Å². The smallest absolute Gasteiger partial charge is 0.0468 e. The standard InChI is InChI=1S/C60H39NS/c1-3-16-42(17-4-1)58-54-25-10-9-23-51(54)52-36-35-49(39-56(52)59(58)43-18-5-2-6-19-43)61(47-33-31-41(32-34-47)45-30-29-40-15-7-8-20-44(40)37-45)48-22-13-21-46(38-48)50-26-14-27-55-53-24-11-12-28-57(53)62-60(50)55/h1-39H. The Morgan fingerprint density at radius 3 is 1.63 bits per heavy atom. The van der Waals surface area contributed by atoms with E-state index in [1.807, 2.05) is 11.3 Å². The van der Waals surface area contributed by atoms with Gasteiger partial charge in [0.05, 0.1) is 0 Å². The molecule has 0 radical (unpaired) electrons. The van der Waals surface area contributed by atoms with E-state index in [2.05, 4.69) is 241 Å². The zero-order valence-electron chi connectivity index (χ0n) is 33.9. The van der Waals surface area contributed by atoms with Crippen LogP contribution in [0.5, 0.6) is 0 Å². The topological polar surface area (TPSA) is 3.24 Å². The van der Waals surface area contributed by atoms with Crippen molar-refractivity contribution in [2.45, 2.75) is 0 Å². The molecule has 1 aromatic heterocycles. The lowest BCUT2D eigenvalue weighted by Crippen LogP contribution is -2.10. The predicted molar refractivity (Wildman–Crippen MR) is 268 cm³/mol. The molecule has 0 aliphatic heterocycles. The lowest BCUT2D eigenvalue weighted by atomic mass is 9.85. The summed E-state index contributed by atoms with van der Waals surface area (Å²) in [5, 5.41) is 10.1. The molecule has 0 N–H and O–H groups in total. The largest absolute Gasteiger partial charge is 0.310 e. The molecule has 290 valence electrons. The van der Waals surface area contributed by atoms with E-state index >= 15 is 0 Å². The Labute approximate surface area is 365 Å². The average molecular weight is 806 g/mol. The average Bonchev–Trinajstić information content (AvgIpc) is 3.73. The zero-order valence-corrected chi connectivity index (χ0v) is 34.7. The number of hydrogen-bond acceptors (Lipinski definition) is 2. The molecule has 0 saturated carbocycles. The number of thiophene rings is 1. The molecule has 62 heavy (non-hydrogen) atoms. The second kappa shape index (κ2) is 15.0. The number of fused-ring (bicyclic) bond motifs is 7. The molecule has 1 heterocycles. The normalized spacial score (nSPS) is 11.5. The van der Waals surface area contributed by atoms with Gasteiger partial charge in [-0.3, -0.25) is 0 Å². The van der Waals surface area contributed by atoms with Crippen LogP contribution in [0.2, 0.25) is 0 Å². The quantitative estimate of drug-likeness (QED) is 0.145. The summed E-state index contributed by atoms with van der Waals surface area (Å²) in [4.78, 5) is 2.43. The molecule has 12 rings (SSSR count). The molecule has 0 fully saturated rings. The third kappa shape index (κ3) is 6.15. The molecule has 12 aromatic rings. The van der Waals surface area contributed by atoms with Crippen molar-refractivity contribution in [1.29, 1.82) is 0 Å². The summed E-state index contributed by atoms with van der Waals surface area (Å²) < 4.78 is 2.63. The zero-order chi connectivity index (χ0) is 41.0. The van der Waals surface area contributed by atoms with E-state index in [0.29, 0.717) is 0 Å². The second-order valence-corrected chi connectivity index (χ2v) is 17.1. The second-order valence-electron chi connectivity index (χ2n) is 16.0. The Hall–Kier alpha value is -7.78. The summed E-state index contributed by atoms with van der Waals surface area (Å²) in [5.41, 5.74) is 13.0. The van der Waals surface area contributed by atoms with Crippen LogP contribution < -0.4 is 4.90 Å². The van der Waals surface area contributed by atoms with Crippen LogP contribution in [-0.4, -0.2) is 0 Å². The molecule has 1 nitrogen and oxygen atoms in total. The van der Waals surface area contributed by atoms with Gasteiger partial charge in [0.2, 0.25) is 0 Å². The molecule has 2 heteroatoms. The molecule has 0 atom stereocenters. The Balaban J connectivity index is 1.09. The first-order chi connectivity index (χ1) is 30.7. The van der Waals surface area contributed by atoms with Gasteiger partial charge in [-0.05, 0) is 125 Å². The number of hydrogen-bond donors (Lipinski definition) is 0. The van der Waals surface area contributed by atoms with Crippen molar-refractivity contribution in [3.63, 3.8) is 0 Å². The van der Waals surface area contributed by atoms with E-state index in [1.165, 1.54) is 97.0 Å². The lowest BCUT2D eigenvalue weighted by molar-refractivity contribution is 1.29. The monoisotopic (exact) mass is 805 g/mol. The van der Waals surface area contributed by atoms with Crippen LogP contribution in [0.4, 0.5) is 17.1 Å². The highest BCUT2D eigenvalue weighted by Gasteiger charge is 2.21. The summed E-state index contributed by atoms with van der Waals surface area (Å²) in [6, 6.07) is 86.8. The van der Waals surface area contributed by atoms with Crippen molar-refractivity contribution in [3.05, 3.63) is 237 Å². The van der Waals surface area contributed by atoms with E-state index < -0.39 is 0 Å². The number of benzene rings is 11. The Morgan fingerprint density at radius 2 is 0.839 bits per heavy atom. The third-order valence-corrected chi connectivity index (χ3v) is 13.6. The maximum absolute atomic E-state index is 2.43. The van der Waals surface area contributed by atoms with Gasteiger partial charge in [0.1, 0.15) is 0 Å². The number of rotatable bonds is 7. The fourth-order valence-electron chi connectivity index (χ4n) is 9.53. The number of nitrogens with zero attached hydrogens (tertiary/aromatic N) is 1. The first kappa shape index (κ1) is 36.1. The number of anilines is 3. The van der Waals surface area contributed by atoms with Gasteiger partial charge in [0.15, 0.2) is 0 Å². The van der Waals surface area contributed by atoms with Gasteiger partial charge in [-0.2, -0.15) is 0 Å². The minimum atomic E-state index is 1.09. The molecule has 0 aliphatic rings. The first-order valence-electron chi connectivity index (χ1n) is 21.2. The highest BCUT2D eigenvalue weighted by atomic mass is 32.1. The van der Waals surface area contributed by atoms with E-state index in [4.69, 9.17) is 0 Å². The molecule has 0 amide bonds. The van der Waals surface area contributed by atoms with Crippen LogP contribution in [0.3, 0.4) is 0 Å². The Morgan fingerprint density at radius 1 is 0.274 bits per heavy atom. The highest BCUT2D eigenvalue weighted by Crippen LogP contribution is 2.48. The van der Waals surface area contributed by atoms with Crippen LogP contribution in [0.25, 0.3) is 97.0 Å². The van der Waals surface area contributed by atoms with Gasteiger partial charge in [-0.15, -0.1) is 11.3 Å². The SMILES string of the molecule is c1ccc(-c2c(-c3ccccc3)c3cc(N(c4ccc(-c5ccc6ccccc6c5)cc4)c4cccc(-c5cccc6c5sc5ccccc56)c4)ccc3c3ccccc23)cc1. The Kier molecular flexibility index (Phi) is 8.76. The Bertz CT molecular complexity index is 3620. The van der Waals surface area contributed by atoms with E-state index in [9.17, 15) is 0 Å². The third-order valence-electron chi connectivity index (χ3n) is 12.4. The van der Waals surface area contributed by atoms with Crippen LogP contribution >= 0.6 is 11.3 Å². The van der Waals surface area contributed by atoms with E-state index in [1.54, 1.807) is 0 Å².